The van der Waals surface area contributed by atoms with Gasteiger partial charge in [0.25, 0.3) is 0 Å². The first-order chi connectivity index (χ1) is 14.6. The molecule has 2 heterocycles. The van der Waals surface area contributed by atoms with Crippen LogP contribution in [0.1, 0.15) is 30.9 Å². The van der Waals surface area contributed by atoms with Crippen molar-refractivity contribution in [1.82, 2.24) is 4.90 Å². The second-order valence-electron chi connectivity index (χ2n) is 7.86. The number of hydrogen-bond donors (Lipinski definition) is 1. The van der Waals surface area contributed by atoms with Gasteiger partial charge in [-0.15, -0.1) is 0 Å². The first-order valence-corrected chi connectivity index (χ1v) is 11.5. The molecule has 5 nitrogen and oxygen atoms in total. The van der Waals surface area contributed by atoms with E-state index < -0.39 is 0 Å². The number of aryl methyl sites for hydroxylation is 1. The second kappa shape index (κ2) is 9.14. The van der Waals surface area contributed by atoms with E-state index in [4.69, 9.17) is 9.98 Å². The lowest BCUT2D eigenvalue weighted by atomic mass is 9.98. The quantitative estimate of drug-likeness (QED) is 0.781. The molecule has 1 amide bonds. The molecule has 2 aliphatic rings. The van der Waals surface area contributed by atoms with Gasteiger partial charge >= 0.3 is 0 Å². The highest BCUT2D eigenvalue weighted by molar-refractivity contribution is 8.16. The van der Waals surface area contributed by atoms with E-state index in [9.17, 15) is 4.79 Å². The van der Waals surface area contributed by atoms with Gasteiger partial charge in [0.15, 0.2) is 5.66 Å². The molecule has 30 heavy (non-hydrogen) atoms. The van der Waals surface area contributed by atoms with Gasteiger partial charge in [0.1, 0.15) is 5.04 Å². The zero-order valence-electron chi connectivity index (χ0n) is 17.6. The van der Waals surface area contributed by atoms with Crippen LogP contribution < -0.4 is 5.32 Å². The van der Waals surface area contributed by atoms with Crippen molar-refractivity contribution >= 4 is 34.1 Å². The molecule has 2 aliphatic heterocycles. The van der Waals surface area contributed by atoms with Gasteiger partial charge in [0, 0.05) is 37.2 Å². The topological polar surface area (TPSA) is 57.1 Å². The van der Waals surface area contributed by atoms with Gasteiger partial charge < -0.3 is 10.2 Å². The third kappa shape index (κ3) is 4.82. The average Bonchev–Trinajstić information content (AvgIpc) is 3.13. The molecule has 1 fully saturated rings. The zero-order chi connectivity index (χ0) is 21.0. The van der Waals surface area contributed by atoms with Crippen molar-refractivity contribution in [2.75, 3.05) is 30.7 Å². The lowest BCUT2D eigenvalue weighted by Crippen LogP contribution is -2.41. The Morgan fingerprint density at radius 3 is 2.43 bits per heavy atom. The van der Waals surface area contributed by atoms with E-state index in [2.05, 4.69) is 29.3 Å². The highest BCUT2D eigenvalue weighted by atomic mass is 32.2. The van der Waals surface area contributed by atoms with Crippen molar-refractivity contribution in [3.05, 3.63) is 65.7 Å². The van der Waals surface area contributed by atoms with E-state index in [0.717, 1.165) is 54.5 Å². The largest absolute Gasteiger partial charge is 0.325 e. The molecule has 4 rings (SSSR count). The summed E-state index contributed by atoms with van der Waals surface area (Å²) in [5, 5.41) is 3.85. The lowest BCUT2D eigenvalue weighted by molar-refractivity contribution is -0.113. The molecule has 1 N–H and O–H groups in total. The number of hydrogen-bond acceptors (Lipinski definition) is 5. The molecule has 0 atom stereocenters. The molecule has 0 aliphatic carbocycles. The van der Waals surface area contributed by atoms with Gasteiger partial charge in [-0.05, 0) is 25.6 Å². The van der Waals surface area contributed by atoms with Crippen molar-refractivity contribution < 1.29 is 4.79 Å². The van der Waals surface area contributed by atoms with E-state index in [1.165, 1.54) is 17.3 Å². The molecule has 1 spiro atoms. The van der Waals surface area contributed by atoms with Crippen molar-refractivity contribution in [3.63, 3.8) is 0 Å². The standard InChI is InChI=1S/C24H28N4OS/c1-3-28-15-13-24(14-16-28)26-22(19-7-5-4-6-8-19)23(27-24)30-17-21(29)25-20-11-9-18(2)10-12-20/h4-12H,3,13-17H2,1-2H3,(H,25,29). The van der Waals surface area contributed by atoms with E-state index in [1.807, 2.05) is 49.4 Å². The van der Waals surface area contributed by atoms with Gasteiger partial charge in [-0.3, -0.25) is 9.79 Å². The molecule has 6 heteroatoms. The predicted molar refractivity (Wildman–Crippen MR) is 127 cm³/mol. The summed E-state index contributed by atoms with van der Waals surface area (Å²) in [5.74, 6) is 0.288. The Bertz CT molecular complexity index is 945. The van der Waals surface area contributed by atoms with E-state index in [1.54, 1.807) is 0 Å². The van der Waals surface area contributed by atoms with E-state index in [0.29, 0.717) is 5.75 Å². The van der Waals surface area contributed by atoms with Crippen LogP contribution in [-0.2, 0) is 4.79 Å². The molecule has 1 saturated heterocycles. The van der Waals surface area contributed by atoms with Crippen LogP contribution >= 0.6 is 11.8 Å². The van der Waals surface area contributed by atoms with Crippen LogP contribution in [0.15, 0.2) is 64.6 Å². The third-order valence-corrected chi connectivity index (χ3v) is 6.62. The van der Waals surface area contributed by atoms with Gasteiger partial charge in [0.05, 0.1) is 11.5 Å². The number of amides is 1. The Kier molecular flexibility index (Phi) is 6.35. The summed E-state index contributed by atoms with van der Waals surface area (Å²) in [6.45, 7) is 7.32. The highest BCUT2D eigenvalue weighted by Gasteiger charge is 2.39. The molecule has 156 valence electrons. The molecule has 0 saturated carbocycles. The number of nitrogens with one attached hydrogen (secondary N) is 1. The Balaban J connectivity index is 1.48. The summed E-state index contributed by atoms with van der Waals surface area (Å²) in [7, 11) is 0. The van der Waals surface area contributed by atoms with Crippen molar-refractivity contribution in [2.45, 2.75) is 32.4 Å². The summed E-state index contributed by atoms with van der Waals surface area (Å²) >= 11 is 1.49. The second-order valence-corrected chi connectivity index (χ2v) is 8.83. The maximum Gasteiger partial charge on any atom is 0.234 e. The van der Waals surface area contributed by atoms with Gasteiger partial charge in [0.2, 0.25) is 5.91 Å². The monoisotopic (exact) mass is 420 g/mol. The minimum atomic E-state index is -0.368. The van der Waals surface area contributed by atoms with Crippen molar-refractivity contribution in [3.8, 4) is 0 Å². The predicted octanol–water partition coefficient (Wildman–Crippen LogP) is 4.38. The Morgan fingerprint density at radius 1 is 1.07 bits per heavy atom. The number of likely N-dealkylation sites (tertiary alicyclic amines) is 1. The van der Waals surface area contributed by atoms with Crippen molar-refractivity contribution in [2.24, 2.45) is 9.98 Å². The number of piperidine rings is 1. The molecule has 0 aromatic heterocycles. The van der Waals surface area contributed by atoms with E-state index in [-0.39, 0.29) is 11.6 Å². The summed E-state index contributed by atoms with van der Waals surface area (Å²) in [5.41, 5.74) is 3.61. The van der Waals surface area contributed by atoms with Crippen LogP contribution in [0, 0.1) is 6.92 Å². The van der Waals surface area contributed by atoms with E-state index >= 15 is 0 Å². The van der Waals surface area contributed by atoms with Crippen LogP contribution in [0.5, 0.6) is 0 Å². The molecule has 0 unspecified atom stereocenters. The Labute approximate surface area is 182 Å². The molecule has 2 aromatic carbocycles. The van der Waals surface area contributed by atoms with Crippen LogP contribution in [0.25, 0.3) is 0 Å². The minimum Gasteiger partial charge on any atom is -0.325 e. The maximum absolute atomic E-state index is 12.5. The number of nitrogens with zero attached hydrogens (tertiary/aromatic N) is 3. The highest BCUT2D eigenvalue weighted by Crippen LogP contribution is 2.35. The summed E-state index contributed by atoms with van der Waals surface area (Å²) in [6.07, 6.45) is 1.85. The summed E-state index contributed by atoms with van der Waals surface area (Å²) in [4.78, 5) is 25.1. The molecule has 0 radical (unpaired) electrons. The lowest BCUT2D eigenvalue weighted by Gasteiger charge is -2.34. The van der Waals surface area contributed by atoms with Crippen LogP contribution in [0.3, 0.4) is 0 Å². The molecular weight excluding hydrogens is 392 g/mol. The Morgan fingerprint density at radius 2 is 1.77 bits per heavy atom. The number of carbonyl (C=O) groups excluding carboxylic acids is 1. The van der Waals surface area contributed by atoms with Gasteiger partial charge in [-0.2, -0.15) is 0 Å². The third-order valence-electron chi connectivity index (χ3n) is 5.66. The number of anilines is 1. The minimum absolute atomic E-state index is 0.0271. The first kappa shape index (κ1) is 20.8. The fourth-order valence-corrected chi connectivity index (χ4v) is 4.70. The number of rotatable bonds is 5. The summed E-state index contributed by atoms with van der Waals surface area (Å²) < 4.78 is 0. The number of carbonyl (C=O) groups is 1. The molecular formula is C24H28N4OS. The maximum atomic E-state index is 12.5. The molecule has 0 bridgehead atoms. The van der Waals surface area contributed by atoms with Crippen LogP contribution in [-0.4, -0.2) is 52.6 Å². The normalized spacial score (nSPS) is 18.2. The van der Waals surface area contributed by atoms with Crippen LogP contribution in [0.2, 0.25) is 0 Å². The summed E-state index contributed by atoms with van der Waals surface area (Å²) in [6, 6.07) is 18.0. The number of benzene rings is 2. The smallest absolute Gasteiger partial charge is 0.234 e. The van der Waals surface area contributed by atoms with Gasteiger partial charge in [-0.25, -0.2) is 4.99 Å². The van der Waals surface area contributed by atoms with Gasteiger partial charge in [-0.1, -0.05) is 66.7 Å². The fraction of sp³-hybridized carbons (Fsp3) is 0.375. The first-order valence-electron chi connectivity index (χ1n) is 10.5. The van der Waals surface area contributed by atoms with Crippen LogP contribution in [0.4, 0.5) is 5.69 Å². The average molecular weight is 421 g/mol. The fourth-order valence-electron chi connectivity index (χ4n) is 3.83. The zero-order valence-corrected chi connectivity index (χ0v) is 18.4. The Hall–Kier alpha value is -2.44. The van der Waals surface area contributed by atoms with Crippen molar-refractivity contribution in [1.29, 1.82) is 0 Å². The number of thioether (sulfide) groups is 1. The SMILES string of the molecule is CCN1CCC2(CC1)N=C(SCC(=O)Nc1ccc(C)cc1)C(c1ccccc1)=N2. The number of aliphatic imine (C=N–C) groups is 2. The molecule has 2 aromatic rings.